The fourth-order valence-corrected chi connectivity index (χ4v) is 3.14. The first kappa shape index (κ1) is 25.2. The van der Waals surface area contributed by atoms with E-state index in [9.17, 15) is 9.18 Å². The van der Waals surface area contributed by atoms with E-state index in [1.165, 1.54) is 18.9 Å². The second kappa shape index (κ2) is 12.7. The minimum atomic E-state index is -0.332. The van der Waals surface area contributed by atoms with E-state index in [2.05, 4.69) is 15.6 Å². The van der Waals surface area contributed by atoms with E-state index in [1.54, 1.807) is 36.0 Å². The van der Waals surface area contributed by atoms with Crippen molar-refractivity contribution in [3.05, 3.63) is 64.3 Å². The molecule has 2 N–H and O–H groups in total. The molecule has 0 spiro atoms. The quantitative estimate of drug-likeness (QED) is 0.205. The van der Waals surface area contributed by atoms with Crippen LogP contribution in [0.4, 0.5) is 4.39 Å². The molecule has 1 aromatic heterocycles. The molecule has 0 aliphatic heterocycles. The highest BCUT2D eigenvalue weighted by Gasteiger charge is 2.22. The minimum absolute atomic E-state index is 0. The van der Waals surface area contributed by atoms with E-state index in [4.69, 9.17) is 4.74 Å². The lowest BCUT2D eigenvalue weighted by molar-refractivity contribution is 0.285. The Bertz CT molecular complexity index is 914. The van der Waals surface area contributed by atoms with Gasteiger partial charge in [-0.25, -0.2) is 4.39 Å². The summed E-state index contributed by atoms with van der Waals surface area (Å²) in [7, 11) is 1.71. The number of nitrogens with zero attached hydrogens (tertiary/aromatic N) is 2. The third kappa shape index (κ3) is 8.16. The maximum Gasteiger partial charge on any atom is 0.250 e. The van der Waals surface area contributed by atoms with Gasteiger partial charge < -0.3 is 19.9 Å². The molecule has 6 nitrogen and oxygen atoms in total. The van der Waals surface area contributed by atoms with Crippen LogP contribution in [0.15, 0.2) is 52.4 Å². The predicted molar refractivity (Wildman–Crippen MR) is 133 cm³/mol. The molecule has 1 aliphatic carbocycles. The van der Waals surface area contributed by atoms with E-state index < -0.39 is 0 Å². The zero-order valence-electron chi connectivity index (χ0n) is 18.1. The zero-order chi connectivity index (χ0) is 21.3. The van der Waals surface area contributed by atoms with Crippen LogP contribution >= 0.6 is 24.0 Å². The Kier molecular flexibility index (Phi) is 10.3. The summed E-state index contributed by atoms with van der Waals surface area (Å²) in [5.41, 5.74) is 0.852. The minimum Gasteiger partial charge on any atom is -0.490 e. The number of nitrogens with one attached hydrogen (secondary N) is 2. The van der Waals surface area contributed by atoms with Gasteiger partial charge in [0, 0.05) is 32.4 Å². The summed E-state index contributed by atoms with van der Waals surface area (Å²) in [5.74, 6) is 1.24. The van der Waals surface area contributed by atoms with Gasteiger partial charge >= 0.3 is 0 Å². The van der Waals surface area contributed by atoms with Crippen molar-refractivity contribution in [1.29, 1.82) is 0 Å². The third-order valence-corrected chi connectivity index (χ3v) is 5.22. The Labute approximate surface area is 200 Å². The van der Waals surface area contributed by atoms with Gasteiger partial charge in [-0.1, -0.05) is 12.1 Å². The molecule has 0 saturated heterocycles. The lowest BCUT2D eigenvalue weighted by Crippen LogP contribution is -2.39. The van der Waals surface area contributed by atoms with Crippen LogP contribution in [-0.2, 0) is 6.54 Å². The number of pyridine rings is 1. The zero-order valence-corrected chi connectivity index (χ0v) is 20.5. The SMILES string of the molecule is CN=C(NCCCCn1ccccc1=O)NC(C)c1ccc(OCC2CC2)c(F)c1.I. The van der Waals surface area contributed by atoms with E-state index >= 15 is 0 Å². The van der Waals surface area contributed by atoms with Crippen molar-refractivity contribution in [3.8, 4) is 5.75 Å². The number of rotatable bonds is 10. The molecule has 1 heterocycles. The molecule has 0 bridgehead atoms. The highest BCUT2D eigenvalue weighted by molar-refractivity contribution is 14.0. The Morgan fingerprint density at radius 3 is 2.77 bits per heavy atom. The summed E-state index contributed by atoms with van der Waals surface area (Å²) in [5, 5.41) is 6.55. The summed E-state index contributed by atoms with van der Waals surface area (Å²) < 4.78 is 21.6. The van der Waals surface area contributed by atoms with E-state index in [1.807, 2.05) is 19.1 Å². The molecule has 2 aromatic rings. The maximum atomic E-state index is 14.3. The van der Waals surface area contributed by atoms with Crippen molar-refractivity contribution in [2.75, 3.05) is 20.2 Å². The van der Waals surface area contributed by atoms with Gasteiger partial charge in [0.15, 0.2) is 17.5 Å². The molecule has 3 rings (SSSR count). The van der Waals surface area contributed by atoms with Gasteiger partial charge in [-0.15, -0.1) is 24.0 Å². The molecule has 170 valence electrons. The molecule has 1 atom stereocenters. The highest BCUT2D eigenvalue weighted by Crippen LogP contribution is 2.30. The Hall–Kier alpha value is -2.10. The number of hydrogen-bond acceptors (Lipinski definition) is 3. The molecule has 1 unspecified atom stereocenters. The van der Waals surface area contributed by atoms with Crippen LogP contribution < -0.4 is 20.9 Å². The fourth-order valence-electron chi connectivity index (χ4n) is 3.14. The number of unbranched alkanes of at least 4 members (excludes halogenated alkanes) is 1. The monoisotopic (exact) mass is 542 g/mol. The van der Waals surface area contributed by atoms with E-state index in [-0.39, 0.29) is 41.4 Å². The second-order valence-corrected chi connectivity index (χ2v) is 7.75. The summed E-state index contributed by atoms with van der Waals surface area (Å²) in [4.78, 5) is 15.9. The van der Waals surface area contributed by atoms with Crippen molar-refractivity contribution < 1.29 is 9.13 Å². The van der Waals surface area contributed by atoms with Crippen molar-refractivity contribution in [1.82, 2.24) is 15.2 Å². The van der Waals surface area contributed by atoms with E-state index in [0.717, 1.165) is 24.9 Å². The molecule has 31 heavy (non-hydrogen) atoms. The number of aliphatic imine (C=N–C) groups is 1. The molecule has 8 heteroatoms. The number of ether oxygens (including phenoxy) is 1. The van der Waals surface area contributed by atoms with Gasteiger partial charge in [-0.2, -0.15) is 0 Å². The first-order valence-corrected chi connectivity index (χ1v) is 10.6. The first-order chi connectivity index (χ1) is 14.6. The smallest absolute Gasteiger partial charge is 0.250 e. The molecule has 1 fully saturated rings. The van der Waals surface area contributed by atoms with Crippen molar-refractivity contribution in [2.24, 2.45) is 10.9 Å². The molecule has 0 amide bonds. The number of benzene rings is 1. The van der Waals surface area contributed by atoms with E-state index in [0.29, 0.717) is 30.8 Å². The largest absolute Gasteiger partial charge is 0.490 e. The number of aromatic nitrogens is 1. The normalized spacial score (nSPS) is 14.5. The topological polar surface area (TPSA) is 67.7 Å². The number of halogens is 2. The van der Waals surface area contributed by atoms with Gasteiger partial charge in [0.2, 0.25) is 5.56 Å². The first-order valence-electron chi connectivity index (χ1n) is 10.6. The van der Waals surface area contributed by atoms with Crippen LogP contribution in [0.5, 0.6) is 5.75 Å². The lowest BCUT2D eigenvalue weighted by Gasteiger charge is -2.19. The van der Waals surface area contributed by atoms with Crippen LogP contribution in [0.25, 0.3) is 0 Å². The Balaban J connectivity index is 0.00000341. The molecular weight excluding hydrogens is 510 g/mol. The molecule has 1 aliphatic rings. The molecule has 1 aromatic carbocycles. The Morgan fingerprint density at radius 1 is 1.29 bits per heavy atom. The summed E-state index contributed by atoms with van der Waals surface area (Å²) in [6.45, 7) is 3.99. The molecular formula is C23H32FIN4O2. The maximum absolute atomic E-state index is 14.3. The average Bonchev–Trinajstić information content (AvgIpc) is 3.57. The summed E-state index contributed by atoms with van der Waals surface area (Å²) >= 11 is 0. The van der Waals surface area contributed by atoms with Crippen LogP contribution in [0.1, 0.15) is 44.2 Å². The summed E-state index contributed by atoms with van der Waals surface area (Å²) in [6, 6.07) is 10.2. The molecule has 1 saturated carbocycles. The number of guanidine groups is 1. The standard InChI is InChI=1S/C23H31FN4O2.HI/c1-17(19-10-11-21(20(24)15-19)30-16-18-8-9-18)27-23(25-2)26-12-4-6-14-28-13-5-3-7-22(28)29;/h3,5,7,10-11,13,15,17-18H,4,6,8-9,12,14,16H2,1-2H3,(H2,25,26,27);1H. The van der Waals surface area contributed by atoms with Crippen molar-refractivity contribution >= 4 is 29.9 Å². The van der Waals surface area contributed by atoms with Gasteiger partial charge in [0.1, 0.15) is 0 Å². The van der Waals surface area contributed by atoms with Crippen LogP contribution in [0.3, 0.4) is 0 Å². The Morgan fingerprint density at radius 2 is 2.10 bits per heavy atom. The second-order valence-electron chi connectivity index (χ2n) is 7.75. The lowest BCUT2D eigenvalue weighted by atomic mass is 10.1. The number of aryl methyl sites for hydroxylation is 1. The van der Waals surface area contributed by atoms with Gasteiger partial charge in [-0.3, -0.25) is 9.79 Å². The van der Waals surface area contributed by atoms with Crippen LogP contribution in [-0.4, -0.2) is 30.7 Å². The van der Waals surface area contributed by atoms with Crippen LogP contribution in [0, 0.1) is 11.7 Å². The predicted octanol–water partition coefficient (Wildman–Crippen LogP) is 4.10. The van der Waals surface area contributed by atoms with Crippen LogP contribution in [0.2, 0.25) is 0 Å². The van der Waals surface area contributed by atoms with Gasteiger partial charge in [0.25, 0.3) is 0 Å². The fraction of sp³-hybridized carbons (Fsp3) is 0.478. The van der Waals surface area contributed by atoms with Crippen molar-refractivity contribution in [3.63, 3.8) is 0 Å². The molecule has 0 radical (unpaired) electrons. The summed E-state index contributed by atoms with van der Waals surface area (Å²) in [6.07, 6.45) is 5.95. The van der Waals surface area contributed by atoms with Gasteiger partial charge in [-0.05, 0) is 62.3 Å². The van der Waals surface area contributed by atoms with Gasteiger partial charge in [0.05, 0.1) is 12.6 Å². The highest BCUT2D eigenvalue weighted by atomic mass is 127. The van der Waals surface area contributed by atoms with Crippen molar-refractivity contribution in [2.45, 2.75) is 45.2 Å². The third-order valence-electron chi connectivity index (χ3n) is 5.22. The average molecular weight is 542 g/mol. The number of hydrogen-bond donors (Lipinski definition) is 2.